The van der Waals surface area contributed by atoms with E-state index in [0.29, 0.717) is 30.9 Å². The molecule has 1 N–H and O–H groups in total. The van der Waals surface area contributed by atoms with Crippen LogP contribution in [0, 0.1) is 0 Å². The van der Waals surface area contributed by atoms with Gasteiger partial charge in [-0.05, 0) is 59.7 Å². The summed E-state index contributed by atoms with van der Waals surface area (Å²) in [7, 11) is -3.66. The predicted molar refractivity (Wildman–Crippen MR) is 139 cm³/mol. The molecule has 0 saturated heterocycles. The minimum absolute atomic E-state index is 0.128. The summed E-state index contributed by atoms with van der Waals surface area (Å²) in [6.07, 6.45) is 1.72. The van der Waals surface area contributed by atoms with Gasteiger partial charge in [-0.15, -0.1) is 0 Å². The highest BCUT2D eigenvalue weighted by Gasteiger charge is 2.25. The first-order valence-electron chi connectivity index (χ1n) is 9.91. The molecule has 0 spiro atoms. The van der Waals surface area contributed by atoms with Gasteiger partial charge in [0.05, 0.1) is 21.2 Å². The Balaban J connectivity index is 1.56. The van der Waals surface area contributed by atoms with E-state index in [4.69, 9.17) is 4.74 Å². The van der Waals surface area contributed by atoms with Gasteiger partial charge in [-0.1, -0.05) is 61.8 Å². The van der Waals surface area contributed by atoms with E-state index in [1.807, 2.05) is 6.07 Å². The number of esters is 1. The Labute approximate surface area is 218 Å². The van der Waals surface area contributed by atoms with E-state index in [-0.39, 0.29) is 16.6 Å². The number of anilines is 1. The quantitative estimate of drug-likeness (QED) is 0.207. The molecule has 1 heterocycles. The van der Waals surface area contributed by atoms with Gasteiger partial charge in [0.2, 0.25) is 0 Å². The van der Waals surface area contributed by atoms with E-state index in [0.717, 1.165) is 10.5 Å². The zero-order chi connectivity index (χ0) is 24.5. The van der Waals surface area contributed by atoms with Crippen molar-refractivity contribution in [1.82, 2.24) is 0 Å². The van der Waals surface area contributed by atoms with Crippen LogP contribution in [-0.4, -0.2) is 20.3 Å². The molecule has 34 heavy (non-hydrogen) atoms. The number of halogens is 2. The Morgan fingerprint density at radius 1 is 1.06 bits per heavy atom. The van der Waals surface area contributed by atoms with Gasteiger partial charge in [0.15, 0.2) is 9.84 Å². The van der Waals surface area contributed by atoms with Crippen molar-refractivity contribution >= 4 is 77.1 Å². The molecule has 1 amide bonds. The topological polar surface area (TPSA) is 89.5 Å². The highest BCUT2D eigenvalue weighted by atomic mass is 79.9. The van der Waals surface area contributed by atoms with Crippen LogP contribution in [0.15, 0.2) is 84.3 Å². The minimum atomic E-state index is -3.66. The van der Waals surface area contributed by atoms with Gasteiger partial charge in [-0.3, -0.25) is 9.59 Å². The summed E-state index contributed by atoms with van der Waals surface area (Å²) in [5, 5.41) is 2.79. The first-order valence-corrected chi connectivity index (χ1v) is 14.0. The summed E-state index contributed by atoms with van der Waals surface area (Å²) in [5.41, 5.74) is 1.84. The van der Waals surface area contributed by atoms with Crippen LogP contribution in [0.4, 0.5) is 5.69 Å². The van der Waals surface area contributed by atoms with Crippen LogP contribution in [0.3, 0.4) is 0 Å². The molecule has 1 aliphatic rings. The maximum atomic E-state index is 13.1. The minimum Gasteiger partial charge on any atom is -0.427 e. The third-order valence-electron chi connectivity index (χ3n) is 4.84. The molecule has 0 saturated carbocycles. The maximum Gasteiger partial charge on any atom is 0.308 e. The first-order chi connectivity index (χ1) is 16.1. The number of hydrogen-bond donors (Lipinski definition) is 1. The number of nitrogens with one attached hydrogen (secondary N) is 1. The van der Waals surface area contributed by atoms with Gasteiger partial charge in [0, 0.05) is 20.8 Å². The van der Waals surface area contributed by atoms with Crippen molar-refractivity contribution in [2.75, 3.05) is 5.32 Å². The Hall–Kier alpha value is -2.40. The smallest absolute Gasteiger partial charge is 0.308 e. The van der Waals surface area contributed by atoms with E-state index in [2.05, 4.69) is 37.2 Å². The van der Waals surface area contributed by atoms with Crippen molar-refractivity contribution in [2.45, 2.75) is 22.5 Å². The van der Waals surface area contributed by atoms with E-state index in [1.54, 1.807) is 54.6 Å². The molecule has 3 aromatic carbocycles. The number of benzene rings is 3. The van der Waals surface area contributed by atoms with Crippen molar-refractivity contribution in [1.29, 1.82) is 0 Å². The van der Waals surface area contributed by atoms with Crippen LogP contribution in [0.2, 0.25) is 0 Å². The van der Waals surface area contributed by atoms with Crippen LogP contribution in [-0.2, 0) is 25.2 Å². The molecule has 10 heteroatoms. The zero-order valence-electron chi connectivity index (χ0n) is 17.7. The number of carbonyl (C=O) groups excluding carboxylic acids is 2. The van der Waals surface area contributed by atoms with Crippen LogP contribution >= 0.6 is 43.6 Å². The molecule has 4 rings (SSSR count). The Morgan fingerprint density at radius 3 is 2.38 bits per heavy atom. The molecule has 0 unspecified atom stereocenters. The van der Waals surface area contributed by atoms with Gasteiger partial charge in [0.1, 0.15) is 5.75 Å². The molecular formula is C24H17Br2NO5S2. The second-order valence-corrected chi connectivity index (χ2v) is 12.1. The number of rotatable bonds is 5. The Kier molecular flexibility index (Phi) is 7.32. The SMILES string of the molecule is CC(=O)Oc1ccc(/C=C2\Sc3ccc(S(=O)(=O)Cc4c(Br)cccc4Br)cc3NC2=O)cc1. The number of fused-ring (bicyclic) bond motifs is 1. The number of amides is 1. The van der Waals surface area contributed by atoms with Crippen molar-refractivity contribution in [3.63, 3.8) is 0 Å². The van der Waals surface area contributed by atoms with Crippen LogP contribution < -0.4 is 10.1 Å². The fraction of sp³-hybridized carbons (Fsp3) is 0.0833. The van der Waals surface area contributed by atoms with E-state index in [9.17, 15) is 18.0 Å². The highest BCUT2D eigenvalue weighted by Crippen LogP contribution is 2.40. The number of hydrogen-bond acceptors (Lipinski definition) is 6. The van der Waals surface area contributed by atoms with E-state index in [1.165, 1.54) is 24.8 Å². The van der Waals surface area contributed by atoms with Crippen molar-refractivity contribution < 1.29 is 22.7 Å². The molecule has 6 nitrogen and oxygen atoms in total. The average molecular weight is 623 g/mol. The molecular weight excluding hydrogens is 606 g/mol. The van der Waals surface area contributed by atoms with Crippen LogP contribution in [0.1, 0.15) is 18.1 Å². The largest absolute Gasteiger partial charge is 0.427 e. The standard InChI is InChI=1S/C24H17Br2NO5S2/c1-14(28)32-16-7-5-15(6-8-16)11-23-24(29)27-21-12-17(9-10-22(21)33-23)34(30,31)13-18-19(25)3-2-4-20(18)26/h2-12H,13H2,1H3,(H,27,29)/b23-11-. The average Bonchev–Trinajstić information content (AvgIpc) is 2.77. The summed E-state index contributed by atoms with van der Waals surface area (Å²) in [6, 6.07) is 16.9. The molecule has 0 atom stereocenters. The van der Waals surface area contributed by atoms with Gasteiger partial charge in [-0.2, -0.15) is 0 Å². The maximum absolute atomic E-state index is 13.1. The highest BCUT2D eigenvalue weighted by molar-refractivity contribution is 9.11. The van der Waals surface area contributed by atoms with Gasteiger partial charge < -0.3 is 10.1 Å². The molecule has 174 valence electrons. The predicted octanol–water partition coefficient (Wildman–Crippen LogP) is 6.20. The normalized spacial score (nSPS) is 14.4. The van der Waals surface area contributed by atoms with Crippen LogP contribution in [0.25, 0.3) is 6.08 Å². The molecule has 0 aliphatic carbocycles. The van der Waals surface area contributed by atoms with Crippen molar-refractivity contribution in [3.8, 4) is 5.75 Å². The van der Waals surface area contributed by atoms with Crippen molar-refractivity contribution in [2.24, 2.45) is 0 Å². The third kappa shape index (κ3) is 5.63. The molecule has 1 aliphatic heterocycles. The van der Waals surface area contributed by atoms with Gasteiger partial charge in [-0.25, -0.2) is 8.42 Å². The summed E-state index contributed by atoms with van der Waals surface area (Å²) >= 11 is 8.07. The Bertz CT molecular complexity index is 1410. The fourth-order valence-electron chi connectivity index (χ4n) is 3.23. The lowest BCUT2D eigenvalue weighted by Crippen LogP contribution is -2.18. The second-order valence-electron chi connectivity index (χ2n) is 7.34. The molecule has 0 fully saturated rings. The molecule has 0 aromatic heterocycles. The summed E-state index contributed by atoms with van der Waals surface area (Å²) in [6.45, 7) is 1.33. The zero-order valence-corrected chi connectivity index (χ0v) is 22.5. The lowest BCUT2D eigenvalue weighted by Gasteiger charge is -2.19. The number of sulfone groups is 1. The first kappa shape index (κ1) is 24.7. The lowest BCUT2D eigenvalue weighted by molar-refractivity contribution is -0.131. The number of carbonyl (C=O) groups is 2. The van der Waals surface area contributed by atoms with E-state index < -0.39 is 15.8 Å². The van der Waals surface area contributed by atoms with E-state index >= 15 is 0 Å². The Morgan fingerprint density at radius 2 is 1.74 bits per heavy atom. The summed E-state index contributed by atoms with van der Waals surface area (Å²) in [5.74, 6) is -0.507. The molecule has 0 bridgehead atoms. The van der Waals surface area contributed by atoms with Crippen LogP contribution in [0.5, 0.6) is 5.75 Å². The second kappa shape index (κ2) is 10.1. The fourth-order valence-corrected chi connectivity index (χ4v) is 7.24. The van der Waals surface area contributed by atoms with Crippen molar-refractivity contribution in [3.05, 3.63) is 85.6 Å². The summed E-state index contributed by atoms with van der Waals surface area (Å²) < 4.78 is 32.6. The summed E-state index contributed by atoms with van der Waals surface area (Å²) in [4.78, 5) is 25.1. The number of thioether (sulfide) groups is 1. The monoisotopic (exact) mass is 621 g/mol. The lowest BCUT2D eigenvalue weighted by atomic mass is 10.2. The van der Waals surface area contributed by atoms with Gasteiger partial charge >= 0.3 is 5.97 Å². The number of ether oxygens (including phenoxy) is 1. The molecule has 0 radical (unpaired) electrons. The third-order valence-corrected chi connectivity index (χ3v) is 9.06. The van der Waals surface area contributed by atoms with Gasteiger partial charge in [0.25, 0.3) is 5.91 Å². The molecule has 3 aromatic rings.